The third kappa shape index (κ3) is 6.86. The van der Waals surface area contributed by atoms with Crippen molar-refractivity contribution in [3.63, 3.8) is 0 Å². The number of carboxylic acids is 1. The monoisotopic (exact) mass is 339 g/mol. The smallest absolute Gasteiger partial charge is 0.314 e. The number of rotatable bonds is 11. The van der Waals surface area contributed by atoms with Crippen molar-refractivity contribution in [2.45, 2.75) is 25.7 Å². The number of carboxylic acid groups (broad SMARTS) is 1. The Morgan fingerprint density at radius 2 is 2.00 bits per heavy atom. The van der Waals surface area contributed by atoms with Crippen molar-refractivity contribution in [3.05, 3.63) is 39.9 Å². The molecule has 0 saturated carbocycles. The van der Waals surface area contributed by atoms with Gasteiger partial charge in [-0.3, -0.25) is 14.4 Å². The highest BCUT2D eigenvalue weighted by atomic mass is 16.9. The number of benzene rings is 1. The van der Waals surface area contributed by atoms with Crippen molar-refractivity contribution in [1.29, 1.82) is 0 Å². The minimum absolute atomic E-state index is 0.0598. The van der Waals surface area contributed by atoms with Gasteiger partial charge in [-0.1, -0.05) is 18.6 Å². The van der Waals surface area contributed by atoms with Crippen LogP contribution in [0.15, 0.2) is 24.3 Å². The highest BCUT2D eigenvalue weighted by molar-refractivity contribution is 5.84. The Labute approximate surface area is 137 Å². The maximum Gasteiger partial charge on any atom is 0.314 e. The molecular formula is C15H17NO8. The van der Waals surface area contributed by atoms with Crippen LogP contribution in [0.25, 0.3) is 0 Å². The van der Waals surface area contributed by atoms with E-state index in [0.717, 1.165) is 0 Å². The van der Waals surface area contributed by atoms with Crippen LogP contribution in [0.1, 0.15) is 36.0 Å². The summed E-state index contributed by atoms with van der Waals surface area (Å²) in [5.74, 6) is -2.79. The molecular weight excluding hydrogens is 322 g/mol. The number of nitrogens with zero attached hydrogens (tertiary/aromatic N) is 1. The number of carbonyl (C=O) groups is 3. The summed E-state index contributed by atoms with van der Waals surface area (Å²) in [5.41, 5.74) is 0.180. The molecule has 9 heteroatoms. The second kappa shape index (κ2) is 9.93. The number of esters is 1. The molecule has 1 N–H and O–H groups in total. The first-order valence-electron chi connectivity index (χ1n) is 7.19. The summed E-state index contributed by atoms with van der Waals surface area (Å²) in [6, 6.07) is 6.09. The summed E-state index contributed by atoms with van der Waals surface area (Å²) in [6.07, 6.45) is 0.933. The van der Waals surface area contributed by atoms with Crippen LogP contribution in [-0.4, -0.2) is 35.0 Å². The molecule has 0 fully saturated rings. The van der Waals surface area contributed by atoms with E-state index in [1.165, 1.54) is 12.1 Å². The fourth-order valence-corrected chi connectivity index (χ4v) is 2.01. The van der Waals surface area contributed by atoms with E-state index in [1.54, 1.807) is 12.1 Å². The zero-order chi connectivity index (χ0) is 17.9. The van der Waals surface area contributed by atoms with Gasteiger partial charge in [-0.2, -0.15) is 0 Å². The van der Waals surface area contributed by atoms with Gasteiger partial charge in [0, 0.05) is 0 Å². The number of hydrogen-bond donors (Lipinski definition) is 1. The second-order valence-corrected chi connectivity index (χ2v) is 4.92. The molecule has 0 spiro atoms. The van der Waals surface area contributed by atoms with Crippen molar-refractivity contribution in [2.24, 2.45) is 5.92 Å². The first kappa shape index (κ1) is 19.1. The van der Waals surface area contributed by atoms with E-state index < -0.39 is 29.4 Å². The minimum atomic E-state index is -1.16. The van der Waals surface area contributed by atoms with Crippen molar-refractivity contribution in [3.8, 4) is 5.75 Å². The highest BCUT2D eigenvalue weighted by Gasteiger charge is 2.24. The second-order valence-electron chi connectivity index (χ2n) is 4.92. The highest BCUT2D eigenvalue weighted by Crippen LogP contribution is 2.21. The molecule has 0 saturated heterocycles. The van der Waals surface area contributed by atoms with Gasteiger partial charge in [0.05, 0.1) is 24.5 Å². The molecule has 0 heterocycles. The lowest BCUT2D eigenvalue weighted by Gasteiger charge is -2.14. The third-order valence-corrected chi connectivity index (χ3v) is 3.15. The zero-order valence-corrected chi connectivity index (χ0v) is 12.8. The number of aliphatic carboxylic acids is 1. The fraction of sp³-hybridized carbons (Fsp3) is 0.400. The molecule has 1 rings (SSSR count). The lowest BCUT2D eigenvalue weighted by molar-refractivity contribution is -0.757. The maximum atomic E-state index is 12.1. The van der Waals surface area contributed by atoms with E-state index in [2.05, 4.69) is 4.84 Å². The third-order valence-electron chi connectivity index (χ3n) is 3.15. The average molecular weight is 339 g/mol. The van der Waals surface area contributed by atoms with Gasteiger partial charge in [0.1, 0.15) is 5.75 Å². The summed E-state index contributed by atoms with van der Waals surface area (Å²) in [4.78, 5) is 48.1. The van der Waals surface area contributed by atoms with Crippen LogP contribution < -0.4 is 4.74 Å². The number of unbranched alkanes of at least 4 members (excludes halogenated alkanes) is 1. The Morgan fingerprint density at radius 3 is 2.62 bits per heavy atom. The topological polar surface area (TPSA) is 133 Å². The summed E-state index contributed by atoms with van der Waals surface area (Å²) in [7, 11) is 0. The van der Waals surface area contributed by atoms with Gasteiger partial charge in [0.15, 0.2) is 6.29 Å². The molecule has 0 radical (unpaired) electrons. The Bertz CT molecular complexity index is 601. The van der Waals surface area contributed by atoms with Gasteiger partial charge in [0.25, 0.3) is 5.09 Å². The molecule has 0 aliphatic heterocycles. The van der Waals surface area contributed by atoms with Crippen LogP contribution in [-0.2, 0) is 14.4 Å². The number of ether oxygens (including phenoxy) is 1. The van der Waals surface area contributed by atoms with Crippen LogP contribution in [0.5, 0.6) is 5.75 Å². The van der Waals surface area contributed by atoms with E-state index in [-0.39, 0.29) is 24.3 Å². The molecule has 0 amide bonds. The van der Waals surface area contributed by atoms with Crippen LogP contribution in [0.4, 0.5) is 0 Å². The van der Waals surface area contributed by atoms with Gasteiger partial charge in [-0.25, -0.2) is 0 Å². The van der Waals surface area contributed by atoms with Crippen molar-refractivity contribution < 1.29 is 34.2 Å². The Hall–Kier alpha value is -2.97. The van der Waals surface area contributed by atoms with Gasteiger partial charge in [0.2, 0.25) is 0 Å². The Morgan fingerprint density at radius 1 is 1.29 bits per heavy atom. The Balaban J connectivity index is 2.62. The largest absolute Gasteiger partial charge is 0.481 e. The van der Waals surface area contributed by atoms with Gasteiger partial charge < -0.3 is 14.7 Å². The zero-order valence-electron chi connectivity index (χ0n) is 12.8. The molecule has 0 aliphatic rings. The number of aldehydes is 1. The van der Waals surface area contributed by atoms with E-state index in [9.17, 15) is 24.5 Å². The molecule has 1 aromatic carbocycles. The standard InChI is InChI=1S/C15H17NO8/c17-10-12-6-1-2-7-13(12)24-15(20)11(9-14(18)19)5-3-4-8-23-16(21)22/h1-2,6-7,10-11H,3-5,8-9H2,(H,18,19). The van der Waals surface area contributed by atoms with Crippen LogP contribution in [0.2, 0.25) is 0 Å². The lowest BCUT2D eigenvalue weighted by atomic mass is 9.98. The van der Waals surface area contributed by atoms with Crippen molar-refractivity contribution in [1.82, 2.24) is 0 Å². The normalized spacial score (nSPS) is 11.3. The maximum absolute atomic E-state index is 12.1. The van der Waals surface area contributed by atoms with E-state index in [0.29, 0.717) is 19.1 Å². The van der Waals surface area contributed by atoms with Gasteiger partial charge >= 0.3 is 11.9 Å². The summed E-state index contributed by atoms with van der Waals surface area (Å²) in [5, 5.41) is 18.0. The molecule has 1 atom stereocenters. The number of carbonyl (C=O) groups excluding carboxylic acids is 2. The van der Waals surface area contributed by atoms with Crippen LogP contribution in [0, 0.1) is 16.0 Å². The van der Waals surface area contributed by atoms with Crippen molar-refractivity contribution >= 4 is 18.2 Å². The predicted octanol–water partition coefficient (Wildman–Crippen LogP) is 1.87. The SMILES string of the molecule is O=Cc1ccccc1OC(=O)C(CCCCO[N+](=O)[O-])CC(=O)O. The quantitative estimate of drug-likeness (QED) is 0.161. The molecule has 0 bridgehead atoms. The van der Waals surface area contributed by atoms with Crippen molar-refractivity contribution in [2.75, 3.05) is 6.61 Å². The predicted molar refractivity (Wildman–Crippen MR) is 80.0 cm³/mol. The number of para-hydroxylation sites is 1. The first-order valence-corrected chi connectivity index (χ1v) is 7.19. The number of hydrogen-bond acceptors (Lipinski definition) is 7. The molecule has 9 nitrogen and oxygen atoms in total. The molecule has 0 aromatic heterocycles. The summed E-state index contributed by atoms with van der Waals surface area (Å²) >= 11 is 0. The molecule has 130 valence electrons. The lowest BCUT2D eigenvalue weighted by Crippen LogP contribution is -2.24. The molecule has 1 aromatic rings. The van der Waals surface area contributed by atoms with Crippen LogP contribution in [0.3, 0.4) is 0 Å². The Kier molecular flexibility index (Phi) is 7.89. The molecule has 1 unspecified atom stereocenters. The average Bonchev–Trinajstić information content (AvgIpc) is 2.53. The van der Waals surface area contributed by atoms with E-state index in [1.807, 2.05) is 0 Å². The molecule has 24 heavy (non-hydrogen) atoms. The van der Waals surface area contributed by atoms with Crippen LogP contribution >= 0.6 is 0 Å². The van der Waals surface area contributed by atoms with E-state index >= 15 is 0 Å². The fourth-order valence-electron chi connectivity index (χ4n) is 2.01. The van der Waals surface area contributed by atoms with Gasteiger partial charge in [-0.05, 0) is 25.0 Å². The first-order chi connectivity index (χ1) is 11.4. The molecule has 0 aliphatic carbocycles. The minimum Gasteiger partial charge on any atom is -0.481 e. The summed E-state index contributed by atoms with van der Waals surface area (Å²) < 4.78 is 5.12. The van der Waals surface area contributed by atoms with E-state index in [4.69, 9.17) is 9.84 Å². The summed E-state index contributed by atoms with van der Waals surface area (Å²) in [6.45, 7) is -0.129. The van der Waals surface area contributed by atoms with Gasteiger partial charge in [-0.15, -0.1) is 10.1 Å².